The van der Waals surface area contributed by atoms with Crippen LogP contribution in [0.4, 0.5) is 0 Å². The molecule has 81 valence electrons. The van der Waals surface area contributed by atoms with Gasteiger partial charge in [-0.2, -0.15) is 0 Å². The predicted octanol–water partition coefficient (Wildman–Crippen LogP) is 4.29. The number of ether oxygens (including phenoxy) is 1. The van der Waals surface area contributed by atoms with Crippen LogP contribution in [0.5, 0.6) is 5.75 Å². The van der Waals surface area contributed by atoms with Crippen LogP contribution in [0.2, 0.25) is 0 Å². The summed E-state index contributed by atoms with van der Waals surface area (Å²) in [5.74, 6) is 0.654. The fourth-order valence-corrected chi connectivity index (χ4v) is 1.61. The highest BCUT2D eigenvalue weighted by Gasteiger charge is 2.01. The molecule has 0 unspecified atom stereocenters. The summed E-state index contributed by atoms with van der Waals surface area (Å²) in [6.07, 6.45) is 0. The van der Waals surface area contributed by atoms with E-state index in [1.165, 1.54) is 0 Å². The van der Waals surface area contributed by atoms with Crippen molar-refractivity contribution in [1.82, 2.24) is 0 Å². The molecule has 0 heterocycles. The van der Waals surface area contributed by atoms with Crippen LogP contribution < -0.4 is 4.74 Å². The smallest absolute Gasteiger partial charge is 0.247 e. The quantitative estimate of drug-likeness (QED) is 0.740. The first kappa shape index (κ1) is 11.3. The molecular weight excluding hydrogens is 243 g/mol. The first-order valence-corrected chi connectivity index (χ1v) is 5.64. The Bertz CT molecular complexity index is 437. The molecule has 0 saturated heterocycles. The van der Waals surface area contributed by atoms with Crippen molar-refractivity contribution in [3.8, 4) is 16.9 Å². The summed E-state index contributed by atoms with van der Waals surface area (Å²) in [7, 11) is 0. The van der Waals surface area contributed by atoms with E-state index in [0.29, 0.717) is 5.75 Å². The van der Waals surface area contributed by atoms with Gasteiger partial charge in [0, 0.05) is 0 Å². The van der Waals surface area contributed by atoms with Gasteiger partial charge in [-0.15, -0.1) is 0 Å². The summed E-state index contributed by atoms with van der Waals surface area (Å²) in [5, 5.41) is -0.836. The first-order chi connectivity index (χ1) is 7.75. The third-order valence-corrected chi connectivity index (χ3v) is 2.31. The zero-order chi connectivity index (χ0) is 11.4. The molecule has 0 aliphatic heterocycles. The van der Waals surface area contributed by atoms with Gasteiger partial charge in [-0.1, -0.05) is 59.6 Å². The minimum absolute atomic E-state index is 0.654. The van der Waals surface area contributed by atoms with Gasteiger partial charge >= 0.3 is 0 Å². The normalized spacial score (nSPS) is 10.4. The lowest BCUT2D eigenvalue weighted by Gasteiger charge is -2.07. The topological polar surface area (TPSA) is 9.23 Å². The van der Waals surface area contributed by atoms with E-state index in [4.69, 9.17) is 27.9 Å². The van der Waals surface area contributed by atoms with E-state index in [0.717, 1.165) is 11.1 Å². The molecular formula is C13H9Cl2O. The molecule has 0 aliphatic carbocycles. The molecule has 2 aromatic rings. The molecule has 0 aromatic heterocycles. The average molecular weight is 252 g/mol. The maximum Gasteiger partial charge on any atom is 0.247 e. The number of benzene rings is 2. The highest BCUT2D eigenvalue weighted by molar-refractivity contribution is 6.43. The van der Waals surface area contributed by atoms with Crippen molar-refractivity contribution in [1.29, 1.82) is 0 Å². The lowest BCUT2D eigenvalue weighted by atomic mass is 10.1. The fourth-order valence-electron chi connectivity index (χ4n) is 1.41. The van der Waals surface area contributed by atoms with Crippen LogP contribution in [0.3, 0.4) is 0 Å². The van der Waals surface area contributed by atoms with E-state index in [9.17, 15) is 0 Å². The van der Waals surface area contributed by atoms with Gasteiger partial charge in [-0.3, -0.25) is 0 Å². The Morgan fingerprint density at radius 3 is 2.00 bits per heavy atom. The van der Waals surface area contributed by atoms with Gasteiger partial charge in [-0.05, 0) is 29.3 Å². The molecule has 1 nitrogen and oxygen atoms in total. The van der Waals surface area contributed by atoms with Gasteiger partial charge in [0.2, 0.25) is 5.02 Å². The van der Waals surface area contributed by atoms with E-state index < -0.39 is 5.02 Å². The van der Waals surface area contributed by atoms with Crippen LogP contribution in [0, 0.1) is 6.07 Å². The van der Waals surface area contributed by atoms with E-state index in [2.05, 4.69) is 6.07 Å². The molecule has 0 aliphatic rings. The van der Waals surface area contributed by atoms with Crippen molar-refractivity contribution in [2.24, 2.45) is 0 Å². The number of alkyl halides is 2. The summed E-state index contributed by atoms with van der Waals surface area (Å²) in [6.45, 7) is 0. The molecule has 0 amide bonds. The number of hydrogen-bond acceptors (Lipinski definition) is 1. The summed E-state index contributed by atoms with van der Waals surface area (Å²) >= 11 is 11.0. The highest BCUT2D eigenvalue weighted by Crippen LogP contribution is 2.23. The second-order valence-electron chi connectivity index (χ2n) is 3.19. The Balaban J connectivity index is 2.20. The van der Waals surface area contributed by atoms with E-state index in [1.54, 1.807) is 0 Å². The molecule has 0 saturated carbocycles. The van der Waals surface area contributed by atoms with Crippen LogP contribution in [-0.2, 0) is 0 Å². The highest BCUT2D eigenvalue weighted by atomic mass is 35.5. The van der Waals surface area contributed by atoms with Crippen LogP contribution in [-0.4, -0.2) is 5.02 Å². The minimum atomic E-state index is -0.836. The standard InChI is InChI=1S/C13H9Cl2O/c14-13(15)16-12-8-6-11(7-9-12)10-4-2-1-3-5-10/h2-9,13H. The third kappa shape index (κ3) is 2.91. The monoisotopic (exact) mass is 251 g/mol. The predicted molar refractivity (Wildman–Crippen MR) is 66.8 cm³/mol. The minimum Gasteiger partial charge on any atom is -0.461 e. The van der Waals surface area contributed by atoms with Crippen LogP contribution >= 0.6 is 23.2 Å². The Kier molecular flexibility index (Phi) is 3.70. The molecule has 2 aromatic carbocycles. The van der Waals surface area contributed by atoms with Crippen molar-refractivity contribution in [3.63, 3.8) is 0 Å². The third-order valence-electron chi connectivity index (χ3n) is 2.13. The summed E-state index contributed by atoms with van der Waals surface area (Å²) in [6, 6.07) is 18.3. The van der Waals surface area contributed by atoms with Crippen LogP contribution in [0.25, 0.3) is 11.1 Å². The van der Waals surface area contributed by atoms with E-state index in [1.807, 2.05) is 48.5 Å². The maximum atomic E-state index is 5.51. The summed E-state index contributed by atoms with van der Waals surface area (Å²) in [4.78, 5) is 0. The molecule has 1 radical (unpaired) electrons. The van der Waals surface area contributed by atoms with Crippen LogP contribution in [0.1, 0.15) is 0 Å². The van der Waals surface area contributed by atoms with Crippen molar-refractivity contribution >= 4 is 23.2 Å². The molecule has 0 fully saturated rings. The second-order valence-corrected chi connectivity index (χ2v) is 4.21. The number of halogens is 2. The van der Waals surface area contributed by atoms with E-state index >= 15 is 0 Å². The largest absolute Gasteiger partial charge is 0.461 e. The lowest BCUT2D eigenvalue weighted by Crippen LogP contribution is -1.98. The Labute approximate surface area is 105 Å². The average Bonchev–Trinajstić information content (AvgIpc) is 2.30. The van der Waals surface area contributed by atoms with Crippen molar-refractivity contribution < 1.29 is 4.74 Å². The van der Waals surface area contributed by atoms with Crippen molar-refractivity contribution in [3.05, 3.63) is 54.6 Å². The maximum absolute atomic E-state index is 5.51. The zero-order valence-corrected chi connectivity index (χ0v) is 9.87. The SMILES string of the molecule is ClC(Cl)Oc1ccc(-c2cc[c]cc2)cc1. The van der Waals surface area contributed by atoms with Crippen LogP contribution in [0.15, 0.2) is 48.5 Å². The van der Waals surface area contributed by atoms with Gasteiger partial charge in [0.25, 0.3) is 0 Å². The van der Waals surface area contributed by atoms with Gasteiger partial charge in [0.1, 0.15) is 5.75 Å². The molecule has 0 atom stereocenters. The summed E-state index contributed by atoms with van der Waals surface area (Å²) in [5.41, 5.74) is 2.25. The molecule has 0 bridgehead atoms. The van der Waals surface area contributed by atoms with Crippen molar-refractivity contribution in [2.75, 3.05) is 0 Å². The Morgan fingerprint density at radius 1 is 0.875 bits per heavy atom. The lowest BCUT2D eigenvalue weighted by molar-refractivity contribution is 0.354. The molecule has 16 heavy (non-hydrogen) atoms. The Hall–Kier alpha value is -1.18. The number of rotatable bonds is 3. The molecule has 0 spiro atoms. The van der Waals surface area contributed by atoms with Gasteiger partial charge in [0.15, 0.2) is 0 Å². The molecule has 0 N–H and O–H groups in total. The summed E-state index contributed by atoms with van der Waals surface area (Å²) < 4.78 is 5.13. The second kappa shape index (κ2) is 5.24. The Morgan fingerprint density at radius 2 is 1.44 bits per heavy atom. The van der Waals surface area contributed by atoms with Gasteiger partial charge < -0.3 is 4.74 Å². The van der Waals surface area contributed by atoms with Crippen molar-refractivity contribution in [2.45, 2.75) is 5.02 Å². The van der Waals surface area contributed by atoms with Gasteiger partial charge in [-0.25, -0.2) is 0 Å². The molecule has 3 heteroatoms. The first-order valence-electron chi connectivity index (χ1n) is 4.77. The fraction of sp³-hybridized carbons (Fsp3) is 0.0769. The van der Waals surface area contributed by atoms with Gasteiger partial charge in [0.05, 0.1) is 0 Å². The molecule has 2 rings (SSSR count). The van der Waals surface area contributed by atoms with E-state index in [-0.39, 0.29) is 0 Å². The number of hydrogen-bond donors (Lipinski definition) is 0. The zero-order valence-electron chi connectivity index (χ0n) is 8.36.